The number of nitrogens with zero attached hydrogens (tertiary/aromatic N) is 2. The fraction of sp³-hybridized carbons (Fsp3) is 0.125. The normalized spacial score (nSPS) is 10.8. The maximum atomic E-state index is 12.8. The largest absolute Gasteiger partial charge is 0.456 e. The number of fused-ring (bicyclic) bond motifs is 1. The smallest absolute Gasteiger partial charge is 0.358 e. The molecule has 0 N–H and O–H groups in total. The second kappa shape index (κ2) is 5.36. The number of imidazole rings is 1. The first-order valence-corrected chi connectivity index (χ1v) is 6.50. The van der Waals surface area contributed by atoms with E-state index in [0.717, 1.165) is 11.3 Å². The van der Waals surface area contributed by atoms with Crippen molar-refractivity contribution >= 4 is 11.6 Å². The molecule has 0 saturated heterocycles. The Morgan fingerprint density at radius 1 is 1.24 bits per heavy atom. The Labute approximate surface area is 120 Å². The van der Waals surface area contributed by atoms with Crippen LogP contribution in [0.4, 0.5) is 4.39 Å². The molecular formula is C16H13FN2O2. The zero-order chi connectivity index (χ0) is 14.8. The fourth-order valence-corrected chi connectivity index (χ4v) is 2.05. The Kier molecular flexibility index (Phi) is 3.39. The number of carbonyl (C=O) groups is 1. The SMILES string of the molecule is Cc1cccc2nc(C(=O)OCc3ccc(F)cc3)cn12. The fourth-order valence-electron chi connectivity index (χ4n) is 2.05. The Hall–Kier alpha value is -2.69. The van der Waals surface area contributed by atoms with Gasteiger partial charge in [0.15, 0.2) is 5.69 Å². The lowest BCUT2D eigenvalue weighted by atomic mass is 10.2. The molecule has 0 amide bonds. The predicted molar refractivity (Wildman–Crippen MR) is 75.4 cm³/mol. The highest BCUT2D eigenvalue weighted by molar-refractivity contribution is 5.88. The lowest BCUT2D eigenvalue weighted by molar-refractivity contribution is 0.0466. The molecule has 0 atom stereocenters. The van der Waals surface area contributed by atoms with E-state index in [4.69, 9.17) is 4.74 Å². The standard InChI is InChI=1S/C16H13FN2O2/c1-11-3-2-4-15-18-14(9-19(11)15)16(20)21-10-12-5-7-13(17)8-6-12/h2-9H,10H2,1H3. The molecule has 5 heteroatoms. The van der Waals surface area contributed by atoms with E-state index in [-0.39, 0.29) is 18.1 Å². The van der Waals surface area contributed by atoms with E-state index >= 15 is 0 Å². The molecule has 3 rings (SSSR count). The third-order valence-electron chi connectivity index (χ3n) is 3.19. The topological polar surface area (TPSA) is 43.6 Å². The average molecular weight is 284 g/mol. The van der Waals surface area contributed by atoms with Crippen LogP contribution in [0.3, 0.4) is 0 Å². The van der Waals surface area contributed by atoms with E-state index < -0.39 is 5.97 Å². The maximum absolute atomic E-state index is 12.8. The third-order valence-corrected chi connectivity index (χ3v) is 3.19. The molecular weight excluding hydrogens is 271 g/mol. The molecule has 0 aliphatic rings. The number of hydrogen-bond acceptors (Lipinski definition) is 3. The summed E-state index contributed by atoms with van der Waals surface area (Å²) in [6.45, 7) is 2.02. The lowest BCUT2D eigenvalue weighted by Gasteiger charge is -2.02. The average Bonchev–Trinajstić information content (AvgIpc) is 2.92. The Bertz CT molecular complexity index is 794. The summed E-state index contributed by atoms with van der Waals surface area (Å²) in [5.74, 6) is -0.816. The number of hydrogen-bond donors (Lipinski definition) is 0. The zero-order valence-electron chi connectivity index (χ0n) is 11.4. The van der Waals surface area contributed by atoms with E-state index in [2.05, 4.69) is 4.98 Å². The van der Waals surface area contributed by atoms with Crippen LogP contribution in [0.15, 0.2) is 48.7 Å². The van der Waals surface area contributed by atoms with Crippen molar-refractivity contribution in [2.45, 2.75) is 13.5 Å². The van der Waals surface area contributed by atoms with Crippen LogP contribution >= 0.6 is 0 Å². The highest BCUT2D eigenvalue weighted by Crippen LogP contribution is 2.11. The van der Waals surface area contributed by atoms with Crippen molar-refractivity contribution in [2.24, 2.45) is 0 Å². The molecule has 2 heterocycles. The monoisotopic (exact) mass is 284 g/mol. The molecule has 4 nitrogen and oxygen atoms in total. The number of carbonyl (C=O) groups excluding carboxylic acids is 1. The van der Waals surface area contributed by atoms with Gasteiger partial charge in [-0.05, 0) is 36.8 Å². The van der Waals surface area contributed by atoms with Crippen LogP contribution in [0.25, 0.3) is 5.65 Å². The van der Waals surface area contributed by atoms with Crippen LogP contribution in [0.2, 0.25) is 0 Å². The van der Waals surface area contributed by atoms with Gasteiger partial charge in [-0.2, -0.15) is 0 Å². The van der Waals surface area contributed by atoms with E-state index in [0.29, 0.717) is 5.65 Å². The number of esters is 1. The van der Waals surface area contributed by atoms with Crippen LogP contribution in [0, 0.1) is 12.7 Å². The Balaban J connectivity index is 1.75. The van der Waals surface area contributed by atoms with Gasteiger partial charge in [-0.15, -0.1) is 0 Å². The summed E-state index contributed by atoms with van der Waals surface area (Å²) in [7, 11) is 0. The van der Waals surface area contributed by atoms with E-state index in [1.54, 1.807) is 18.3 Å². The first-order valence-electron chi connectivity index (χ1n) is 6.50. The molecule has 0 unspecified atom stereocenters. The van der Waals surface area contributed by atoms with Crippen LogP contribution in [-0.4, -0.2) is 15.4 Å². The van der Waals surface area contributed by atoms with Crippen LogP contribution in [0.1, 0.15) is 21.7 Å². The lowest BCUT2D eigenvalue weighted by Crippen LogP contribution is -2.05. The van der Waals surface area contributed by atoms with Crippen LogP contribution in [-0.2, 0) is 11.3 Å². The number of halogens is 1. The van der Waals surface area contributed by atoms with Gasteiger partial charge in [0, 0.05) is 11.9 Å². The molecule has 0 aliphatic heterocycles. The third kappa shape index (κ3) is 2.76. The van der Waals surface area contributed by atoms with Crippen molar-refractivity contribution in [3.8, 4) is 0 Å². The van der Waals surface area contributed by atoms with E-state index in [1.807, 2.05) is 29.5 Å². The summed E-state index contributed by atoms with van der Waals surface area (Å²) in [4.78, 5) is 16.2. The number of rotatable bonds is 3. The van der Waals surface area contributed by atoms with Crippen molar-refractivity contribution in [3.05, 3.63) is 71.4 Å². The highest BCUT2D eigenvalue weighted by atomic mass is 19.1. The van der Waals surface area contributed by atoms with Gasteiger partial charge in [-0.3, -0.25) is 0 Å². The summed E-state index contributed by atoms with van der Waals surface area (Å²) in [5.41, 5.74) is 2.66. The molecule has 2 aromatic heterocycles. The quantitative estimate of drug-likeness (QED) is 0.694. The zero-order valence-corrected chi connectivity index (χ0v) is 11.4. The van der Waals surface area contributed by atoms with Gasteiger partial charge < -0.3 is 9.14 Å². The van der Waals surface area contributed by atoms with Crippen LogP contribution in [0.5, 0.6) is 0 Å². The molecule has 0 spiro atoms. The number of ether oxygens (including phenoxy) is 1. The van der Waals surface area contributed by atoms with Gasteiger partial charge in [0.05, 0.1) is 0 Å². The number of pyridine rings is 1. The predicted octanol–water partition coefficient (Wildman–Crippen LogP) is 3.14. The molecule has 3 aromatic rings. The molecule has 1 aromatic carbocycles. The Morgan fingerprint density at radius 3 is 2.71 bits per heavy atom. The summed E-state index contributed by atoms with van der Waals surface area (Å²) < 4.78 is 19.8. The van der Waals surface area contributed by atoms with Crippen molar-refractivity contribution in [1.29, 1.82) is 0 Å². The summed E-state index contributed by atoms with van der Waals surface area (Å²) in [6, 6.07) is 11.5. The van der Waals surface area contributed by atoms with Crippen molar-refractivity contribution in [2.75, 3.05) is 0 Å². The first kappa shape index (κ1) is 13.3. The first-order chi connectivity index (χ1) is 10.1. The Morgan fingerprint density at radius 2 is 2.00 bits per heavy atom. The van der Waals surface area contributed by atoms with Gasteiger partial charge in [0.1, 0.15) is 18.1 Å². The van der Waals surface area contributed by atoms with Gasteiger partial charge in [0.25, 0.3) is 0 Å². The number of aryl methyl sites for hydroxylation is 1. The maximum Gasteiger partial charge on any atom is 0.358 e. The molecule has 0 aliphatic carbocycles. The van der Waals surface area contributed by atoms with Crippen molar-refractivity contribution in [1.82, 2.24) is 9.38 Å². The molecule has 0 radical (unpaired) electrons. The minimum Gasteiger partial charge on any atom is -0.456 e. The van der Waals surface area contributed by atoms with E-state index in [1.165, 1.54) is 12.1 Å². The number of aromatic nitrogens is 2. The minimum absolute atomic E-state index is 0.0893. The second-order valence-corrected chi connectivity index (χ2v) is 4.72. The summed E-state index contributed by atoms with van der Waals surface area (Å²) in [5, 5.41) is 0. The van der Waals surface area contributed by atoms with Crippen molar-refractivity contribution < 1.29 is 13.9 Å². The summed E-state index contributed by atoms with van der Waals surface area (Å²) in [6.07, 6.45) is 1.65. The molecule has 0 bridgehead atoms. The van der Waals surface area contributed by atoms with Gasteiger partial charge in [-0.25, -0.2) is 14.2 Å². The van der Waals surface area contributed by atoms with Gasteiger partial charge in [-0.1, -0.05) is 18.2 Å². The van der Waals surface area contributed by atoms with Crippen molar-refractivity contribution in [3.63, 3.8) is 0 Å². The summed E-state index contributed by atoms with van der Waals surface area (Å²) >= 11 is 0. The second-order valence-electron chi connectivity index (χ2n) is 4.72. The molecule has 0 saturated carbocycles. The molecule has 0 fully saturated rings. The van der Waals surface area contributed by atoms with Gasteiger partial charge >= 0.3 is 5.97 Å². The van der Waals surface area contributed by atoms with Crippen LogP contribution < -0.4 is 0 Å². The minimum atomic E-state index is -0.498. The molecule has 21 heavy (non-hydrogen) atoms. The number of benzene rings is 1. The highest BCUT2D eigenvalue weighted by Gasteiger charge is 2.13. The van der Waals surface area contributed by atoms with E-state index in [9.17, 15) is 9.18 Å². The van der Waals surface area contributed by atoms with Gasteiger partial charge in [0.2, 0.25) is 0 Å². The molecule has 106 valence electrons.